The molecule has 0 amide bonds. The van der Waals surface area contributed by atoms with Crippen molar-refractivity contribution in [1.29, 1.82) is 0 Å². The third-order valence-corrected chi connectivity index (χ3v) is 3.57. The normalized spacial score (nSPS) is 11.0. The highest BCUT2D eigenvalue weighted by atomic mass is 16.5. The van der Waals surface area contributed by atoms with E-state index in [9.17, 15) is 4.79 Å². The van der Waals surface area contributed by atoms with E-state index in [2.05, 4.69) is 20.3 Å². The molecular weight excluding hydrogens is 306 g/mol. The maximum atomic E-state index is 12.5. The third kappa shape index (κ3) is 2.92. The Balaban J connectivity index is 2.27. The maximum absolute atomic E-state index is 12.5. The minimum Gasteiger partial charge on any atom is -0.495 e. The van der Waals surface area contributed by atoms with Gasteiger partial charge in [0.1, 0.15) is 17.0 Å². The van der Waals surface area contributed by atoms with E-state index in [-0.39, 0.29) is 11.6 Å². The van der Waals surface area contributed by atoms with Gasteiger partial charge in [0.2, 0.25) is 0 Å². The molecule has 0 unspecified atom stereocenters. The highest BCUT2D eigenvalue weighted by molar-refractivity contribution is 5.91. The van der Waals surface area contributed by atoms with Gasteiger partial charge in [0, 0.05) is 24.8 Å². The number of fused-ring (bicyclic) bond motifs is 1. The van der Waals surface area contributed by atoms with E-state index in [1.54, 1.807) is 32.6 Å². The molecule has 0 spiro atoms. The van der Waals surface area contributed by atoms with Gasteiger partial charge in [-0.05, 0) is 26.0 Å². The van der Waals surface area contributed by atoms with E-state index < -0.39 is 0 Å². The number of anilines is 1. The van der Waals surface area contributed by atoms with Gasteiger partial charge in [0.05, 0.1) is 30.8 Å². The predicted octanol–water partition coefficient (Wildman–Crippen LogP) is 2.22. The Labute approximate surface area is 139 Å². The quantitative estimate of drug-likeness (QED) is 0.792. The van der Waals surface area contributed by atoms with Crippen molar-refractivity contribution in [3.05, 3.63) is 41.2 Å². The van der Waals surface area contributed by atoms with Crippen LogP contribution in [-0.2, 0) is 7.05 Å². The molecule has 7 nitrogen and oxygen atoms in total. The number of ether oxygens (including phenoxy) is 1. The van der Waals surface area contributed by atoms with Crippen molar-refractivity contribution in [3.8, 4) is 17.0 Å². The highest BCUT2D eigenvalue weighted by Crippen LogP contribution is 2.26. The Morgan fingerprint density at radius 3 is 2.75 bits per heavy atom. The average molecular weight is 325 g/mol. The van der Waals surface area contributed by atoms with Gasteiger partial charge in [0.15, 0.2) is 0 Å². The van der Waals surface area contributed by atoms with Crippen LogP contribution >= 0.6 is 0 Å². The summed E-state index contributed by atoms with van der Waals surface area (Å²) >= 11 is 0. The van der Waals surface area contributed by atoms with E-state index in [1.807, 2.05) is 19.9 Å². The summed E-state index contributed by atoms with van der Waals surface area (Å²) in [6, 6.07) is 3.77. The summed E-state index contributed by atoms with van der Waals surface area (Å²) in [5.41, 5.74) is 1.93. The van der Waals surface area contributed by atoms with Crippen LogP contribution in [0.3, 0.4) is 0 Å². The Kier molecular flexibility index (Phi) is 4.16. The van der Waals surface area contributed by atoms with Gasteiger partial charge in [-0.25, -0.2) is 9.97 Å². The first-order valence-electron chi connectivity index (χ1n) is 7.62. The highest BCUT2D eigenvalue weighted by Gasteiger charge is 2.14. The Hall–Kier alpha value is -2.96. The Bertz CT molecular complexity index is 949. The van der Waals surface area contributed by atoms with E-state index in [0.29, 0.717) is 28.2 Å². The van der Waals surface area contributed by atoms with Crippen LogP contribution < -0.4 is 15.6 Å². The summed E-state index contributed by atoms with van der Waals surface area (Å²) in [5.74, 6) is 1.17. The van der Waals surface area contributed by atoms with Crippen molar-refractivity contribution in [2.45, 2.75) is 19.9 Å². The van der Waals surface area contributed by atoms with Gasteiger partial charge in [-0.3, -0.25) is 9.78 Å². The summed E-state index contributed by atoms with van der Waals surface area (Å²) in [7, 11) is 3.26. The molecule has 0 radical (unpaired) electrons. The van der Waals surface area contributed by atoms with Crippen molar-refractivity contribution >= 4 is 16.7 Å². The smallest absolute Gasteiger partial charge is 0.264 e. The molecule has 0 saturated carbocycles. The minimum absolute atomic E-state index is 0.129. The zero-order valence-electron chi connectivity index (χ0n) is 14.1. The van der Waals surface area contributed by atoms with E-state index in [4.69, 9.17) is 4.74 Å². The fourth-order valence-electron chi connectivity index (χ4n) is 2.42. The fourth-order valence-corrected chi connectivity index (χ4v) is 2.42. The lowest BCUT2D eigenvalue weighted by Gasteiger charge is -2.14. The summed E-state index contributed by atoms with van der Waals surface area (Å²) in [6.07, 6.45) is 4.85. The predicted molar refractivity (Wildman–Crippen MR) is 93.3 cm³/mol. The van der Waals surface area contributed by atoms with Crippen LogP contribution in [0.25, 0.3) is 22.2 Å². The summed E-state index contributed by atoms with van der Waals surface area (Å²) in [6.45, 7) is 3.99. The molecule has 0 fully saturated rings. The molecule has 0 aliphatic rings. The number of methoxy groups -OCH3 is 1. The number of aryl methyl sites for hydroxylation is 1. The third-order valence-electron chi connectivity index (χ3n) is 3.57. The Morgan fingerprint density at radius 1 is 1.25 bits per heavy atom. The average Bonchev–Trinajstić information content (AvgIpc) is 2.57. The lowest BCUT2D eigenvalue weighted by Crippen LogP contribution is -2.21. The van der Waals surface area contributed by atoms with Crippen LogP contribution in [0.2, 0.25) is 0 Å². The number of aromatic nitrogens is 4. The second kappa shape index (κ2) is 6.27. The zero-order chi connectivity index (χ0) is 17.3. The lowest BCUT2D eigenvalue weighted by molar-refractivity contribution is 0.413. The number of pyridine rings is 2. The number of rotatable bonds is 4. The molecule has 0 aliphatic heterocycles. The monoisotopic (exact) mass is 325 g/mol. The molecule has 0 aliphatic carbocycles. The minimum atomic E-state index is -0.133. The van der Waals surface area contributed by atoms with Gasteiger partial charge in [0.25, 0.3) is 5.56 Å². The first-order chi connectivity index (χ1) is 11.5. The van der Waals surface area contributed by atoms with Crippen molar-refractivity contribution in [2.24, 2.45) is 7.05 Å². The van der Waals surface area contributed by atoms with Crippen molar-refractivity contribution in [1.82, 2.24) is 19.5 Å². The SMILES string of the molecule is COc1cncc(-c2cc3ncn(C)c(=O)c3c(NC(C)C)n2)c1. The molecule has 0 atom stereocenters. The topological polar surface area (TPSA) is 81.9 Å². The molecule has 0 aromatic carbocycles. The molecule has 24 heavy (non-hydrogen) atoms. The molecule has 3 aromatic rings. The summed E-state index contributed by atoms with van der Waals surface area (Å²) in [4.78, 5) is 25.7. The maximum Gasteiger partial charge on any atom is 0.264 e. The fraction of sp³-hybridized carbons (Fsp3) is 0.294. The van der Waals surface area contributed by atoms with Crippen LogP contribution in [0.4, 0.5) is 5.82 Å². The molecule has 0 saturated heterocycles. The number of nitrogens with one attached hydrogen (secondary N) is 1. The van der Waals surface area contributed by atoms with Gasteiger partial charge >= 0.3 is 0 Å². The standard InChI is InChI=1S/C17H19N5O2/c1-10(2)20-16-15-14(19-9-22(3)17(15)23)6-13(21-16)11-5-12(24-4)8-18-7-11/h5-10H,1-4H3,(H,20,21). The molecule has 3 rings (SSSR count). The van der Waals surface area contributed by atoms with E-state index in [1.165, 1.54) is 10.9 Å². The van der Waals surface area contributed by atoms with Gasteiger partial charge in [-0.15, -0.1) is 0 Å². The first-order valence-corrected chi connectivity index (χ1v) is 7.62. The van der Waals surface area contributed by atoms with E-state index in [0.717, 1.165) is 5.56 Å². The van der Waals surface area contributed by atoms with Gasteiger partial charge in [-0.1, -0.05) is 0 Å². The largest absolute Gasteiger partial charge is 0.495 e. The molecule has 3 aromatic heterocycles. The molecule has 0 bridgehead atoms. The van der Waals surface area contributed by atoms with Crippen LogP contribution in [0.15, 0.2) is 35.6 Å². The van der Waals surface area contributed by atoms with Crippen LogP contribution in [0, 0.1) is 0 Å². The van der Waals surface area contributed by atoms with E-state index >= 15 is 0 Å². The number of nitrogens with zero attached hydrogens (tertiary/aromatic N) is 4. The van der Waals surface area contributed by atoms with Crippen molar-refractivity contribution < 1.29 is 4.74 Å². The van der Waals surface area contributed by atoms with Crippen molar-refractivity contribution in [3.63, 3.8) is 0 Å². The second-order valence-electron chi connectivity index (χ2n) is 5.82. The molecule has 124 valence electrons. The molecule has 3 heterocycles. The first kappa shape index (κ1) is 15.9. The lowest BCUT2D eigenvalue weighted by atomic mass is 10.1. The zero-order valence-corrected chi connectivity index (χ0v) is 14.1. The van der Waals surface area contributed by atoms with Crippen molar-refractivity contribution in [2.75, 3.05) is 12.4 Å². The molecule has 1 N–H and O–H groups in total. The van der Waals surface area contributed by atoms with Gasteiger partial charge in [-0.2, -0.15) is 0 Å². The molecular formula is C17H19N5O2. The van der Waals surface area contributed by atoms with Crippen LogP contribution in [0.1, 0.15) is 13.8 Å². The Morgan fingerprint density at radius 2 is 2.04 bits per heavy atom. The van der Waals surface area contributed by atoms with Crippen LogP contribution in [-0.4, -0.2) is 32.7 Å². The number of hydrogen-bond donors (Lipinski definition) is 1. The summed E-state index contributed by atoms with van der Waals surface area (Å²) < 4.78 is 6.67. The molecule has 7 heteroatoms. The van der Waals surface area contributed by atoms with Gasteiger partial charge < -0.3 is 14.6 Å². The van der Waals surface area contributed by atoms with Crippen LogP contribution in [0.5, 0.6) is 5.75 Å². The summed E-state index contributed by atoms with van der Waals surface area (Å²) in [5, 5.41) is 3.72. The second-order valence-corrected chi connectivity index (χ2v) is 5.82. The number of hydrogen-bond acceptors (Lipinski definition) is 6.